The summed E-state index contributed by atoms with van der Waals surface area (Å²) in [6.45, 7) is 9.92. The van der Waals surface area contributed by atoms with Crippen LogP contribution >= 0.6 is 12.4 Å². The van der Waals surface area contributed by atoms with Gasteiger partial charge in [0, 0.05) is 38.6 Å². The van der Waals surface area contributed by atoms with Crippen molar-refractivity contribution < 1.29 is 9.59 Å². The van der Waals surface area contributed by atoms with Crippen LogP contribution in [0, 0.1) is 17.3 Å². The Morgan fingerprint density at radius 3 is 2.12 bits per heavy atom. The monoisotopic (exact) mass is 373 g/mol. The van der Waals surface area contributed by atoms with E-state index in [1.807, 2.05) is 18.7 Å². The molecule has 2 aliphatic rings. The van der Waals surface area contributed by atoms with E-state index in [1.165, 1.54) is 6.42 Å². The molecule has 2 saturated heterocycles. The van der Waals surface area contributed by atoms with E-state index in [1.54, 1.807) is 0 Å². The van der Waals surface area contributed by atoms with Crippen molar-refractivity contribution in [2.24, 2.45) is 23.0 Å². The minimum absolute atomic E-state index is 0. The lowest BCUT2D eigenvalue weighted by Crippen LogP contribution is -2.52. The van der Waals surface area contributed by atoms with E-state index in [2.05, 4.69) is 11.8 Å². The van der Waals surface area contributed by atoms with E-state index in [-0.39, 0.29) is 24.2 Å². The van der Waals surface area contributed by atoms with Gasteiger partial charge in [-0.1, -0.05) is 20.8 Å². The zero-order valence-corrected chi connectivity index (χ0v) is 16.9. The fourth-order valence-electron chi connectivity index (χ4n) is 4.24. The highest BCUT2D eigenvalue weighted by atomic mass is 35.5. The summed E-state index contributed by atoms with van der Waals surface area (Å²) in [7, 11) is 0. The van der Waals surface area contributed by atoms with Crippen LogP contribution in [-0.4, -0.2) is 54.3 Å². The molecule has 2 amide bonds. The van der Waals surface area contributed by atoms with Gasteiger partial charge < -0.3 is 15.5 Å². The van der Waals surface area contributed by atoms with Crippen molar-refractivity contribution in [2.75, 3.05) is 32.7 Å². The molecule has 0 bridgehead atoms. The number of carbonyl (C=O) groups excluding carboxylic acids is 2. The van der Waals surface area contributed by atoms with Crippen molar-refractivity contribution in [2.45, 2.75) is 59.3 Å². The number of nitrogens with two attached hydrogens (primary N) is 1. The average Bonchev–Trinajstić information content (AvgIpc) is 2.63. The Labute approximate surface area is 159 Å². The van der Waals surface area contributed by atoms with Crippen molar-refractivity contribution >= 4 is 24.2 Å². The number of piperidine rings is 2. The highest BCUT2D eigenvalue weighted by Crippen LogP contribution is 2.31. The van der Waals surface area contributed by atoms with Crippen molar-refractivity contribution in [3.8, 4) is 0 Å². The maximum atomic E-state index is 12.9. The maximum absolute atomic E-state index is 12.9. The molecule has 0 aromatic heterocycles. The van der Waals surface area contributed by atoms with E-state index >= 15 is 0 Å². The summed E-state index contributed by atoms with van der Waals surface area (Å²) in [5.41, 5.74) is 5.50. The summed E-state index contributed by atoms with van der Waals surface area (Å²) in [4.78, 5) is 29.6. The number of nitrogens with zero attached hydrogens (tertiary/aromatic N) is 2. The van der Waals surface area contributed by atoms with Gasteiger partial charge in [-0.3, -0.25) is 9.59 Å². The number of hydrogen-bond acceptors (Lipinski definition) is 3. The van der Waals surface area contributed by atoms with Crippen LogP contribution in [0.1, 0.15) is 59.3 Å². The number of amides is 2. The molecule has 2 heterocycles. The lowest BCUT2D eigenvalue weighted by molar-refractivity contribution is -0.147. The molecule has 146 valence electrons. The summed E-state index contributed by atoms with van der Waals surface area (Å²) in [5.74, 6) is 1.20. The van der Waals surface area contributed by atoms with Crippen LogP contribution in [0.5, 0.6) is 0 Å². The fraction of sp³-hybridized carbons (Fsp3) is 0.895. The topological polar surface area (TPSA) is 66.6 Å². The molecule has 1 unspecified atom stereocenters. The van der Waals surface area contributed by atoms with Crippen LogP contribution in [0.25, 0.3) is 0 Å². The molecular formula is C19H36ClN3O2. The predicted molar refractivity (Wildman–Crippen MR) is 104 cm³/mol. The van der Waals surface area contributed by atoms with Crippen LogP contribution in [0.3, 0.4) is 0 Å². The molecule has 2 aliphatic heterocycles. The Bertz CT molecular complexity index is 438. The Balaban J connectivity index is 0.00000312. The number of rotatable bonds is 5. The average molecular weight is 374 g/mol. The minimum atomic E-state index is -0.418. The number of hydrogen-bond donors (Lipinski definition) is 1. The van der Waals surface area contributed by atoms with Gasteiger partial charge in [0.1, 0.15) is 0 Å². The molecular weight excluding hydrogens is 338 g/mol. The molecule has 6 heteroatoms. The number of likely N-dealkylation sites (tertiary alicyclic amines) is 2. The van der Waals surface area contributed by atoms with E-state index in [4.69, 9.17) is 5.73 Å². The first-order chi connectivity index (χ1) is 11.5. The fourth-order valence-corrected chi connectivity index (χ4v) is 4.24. The molecule has 0 spiro atoms. The molecule has 2 N–H and O–H groups in total. The smallest absolute Gasteiger partial charge is 0.230 e. The molecule has 2 fully saturated rings. The quantitative estimate of drug-likeness (QED) is 0.805. The Morgan fingerprint density at radius 1 is 1.04 bits per heavy atom. The first-order valence-corrected chi connectivity index (χ1v) is 9.75. The summed E-state index contributed by atoms with van der Waals surface area (Å²) < 4.78 is 0. The van der Waals surface area contributed by atoms with E-state index < -0.39 is 5.41 Å². The van der Waals surface area contributed by atoms with Crippen LogP contribution in [0.15, 0.2) is 0 Å². The highest BCUT2D eigenvalue weighted by Gasteiger charge is 2.39. The Morgan fingerprint density at radius 2 is 1.64 bits per heavy atom. The minimum Gasteiger partial charge on any atom is -0.342 e. The second-order valence-corrected chi connectivity index (χ2v) is 7.79. The molecule has 0 saturated carbocycles. The van der Waals surface area contributed by atoms with Gasteiger partial charge in [0.25, 0.3) is 0 Å². The lowest BCUT2D eigenvalue weighted by atomic mass is 9.80. The molecule has 25 heavy (non-hydrogen) atoms. The lowest BCUT2D eigenvalue weighted by Gasteiger charge is -2.40. The van der Waals surface area contributed by atoms with Gasteiger partial charge >= 0.3 is 0 Å². The van der Waals surface area contributed by atoms with Crippen LogP contribution in [0.2, 0.25) is 0 Å². The van der Waals surface area contributed by atoms with Crippen molar-refractivity contribution in [3.63, 3.8) is 0 Å². The highest BCUT2D eigenvalue weighted by molar-refractivity contribution is 5.85. The first-order valence-electron chi connectivity index (χ1n) is 9.75. The zero-order chi connectivity index (χ0) is 17.7. The van der Waals surface area contributed by atoms with E-state index in [0.717, 1.165) is 45.2 Å². The van der Waals surface area contributed by atoms with Crippen molar-refractivity contribution in [1.82, 2.24) is 9.80 Å². The summed E-state index contributed by atoms with van der Waals surface area (Å²) >= 11 is 0. The van der Waals surface area contributed by atoms with Crippen molar-refractivity contribution in [1.29, 1.82) is 0 Å². The standard InChI is InChI=1S/C19H35N3O2.ClH/c1-4-19(5-2,14-20)18(24)21-11-8-16(9-12-21)17(23)22-10-6-7-15(3)13-22;/h15-16H,4-14,20H2,1-3H3;1H. The molecule has 0 aromatic rings. The van der Waals surface area contributed by atoms with Crippen molar-refractivity contribution in [3.05, 3.63) is 0 Å². The largest absolute Gasteiger partial charge is 0.342 e. The molecule has 0 radical (unpaired) electrons. The van der Waals surface area contributed by atoms with Crippen LogP contribution in [0.4, 0.5) is 0 Å². The third-order valence-electron chi connectivity index (χ3n) is 6.30. The van der Waals surface area contributed by atoms with Crippen LogP contribution in [-0.2, 0) is 9.59 Å². The second kappa shape index (κ2) is 9.77. The van der Waals surface area contributed by atoms with Gasteiger partial charge in [0.2, 0.25) is 11.8 Å². The third kappa shape index (κ3) is 4.88. The first kappa shape index (κ1) is 22.2. The number of carbonyl (C=O) groups is 2. The summed E-state index contributed by atoms with van der Waals surface area (Å²) in [6, 6.07) is 0. The second-order valence-electron chi connectivity index (χ2n) is 7.79. The number of halogens is 1. The molecule has 0 aliphatic carbocycles. The molecule has 1 atom stereocenters. The van der Waals surface area contributed by atoms with E-state index in [9.17, 15) is 9.59 Å². The predicted octanol–water partition coefficient (Wildman–Crippen LogP) is 2.67. The van der Waals surface area contributed by atoms with Gasteiger partial charge in [-0.05, 0) is 44.4 Å². The summed E-state index contributed by atoms with van der Waals surface area (Å²) in [6.07, 6.45) is 5.50. The molecule has 5 nitrogen and oxygen atoms in total. The normalized spacial score (nSPS) is 22.5. The SMILES string of the molecule is CCC(CC)(CN)C(=O)N1CCC(C(=O)N2CCCC(C)C2)CC1.Cl. The zero-order valence-electron chi connectivity index (χ0n) is 16.1. The Kier molecular flexibility index (Phi) is 8.69. The van der Waals surface area contributed by atoms with Gasteiger partial charge in [0.05, 0.1) is 5.41 Å². The van der Waals surface area contributed by atoms with Gasteiger partial charge in [-0.25, -0.2) is 0 Å². The van der Waals surface area contributed by atoms with Gasteiger partial charge in [-0.2, -0.15) is 0 Å². The maximum Gasteiger partial charge on any atom is 0.230 e. The van der Waals surface area contributed by atoms with Crippen LogP contribution < -0.4 is 5.73 Å². The molecule has 2 rings (SSSR count). The Hall–Kier alpha value is -0.810. The summed E-state index contributed by atoms with van der Waals surface area (Å²) in [5, 5.41) is 0. The van der Waals surface area contributed by atoms with E-state index in [0.29, 0.717) is 31.5 Å². The van der Waals surface area contributed by atoms with Gasteiger partial charge in [-0.15, -0.1) is 12.4 Å². The molecule has 0 aromatic carbocycles. The third-order valence-corrected chi connectivity index (χ3v) is 6.30. The van der Waals surface area contributed by atoms with Gasteiger partial charge in [0.15, 0.2) is 0 Å².